The smallest absolute Gasteiger partial charge is 0.139 e. The van der Waals surface area contributed by atoms with Gasteiger partial charge >= 0.3 is 0 Å². The summed E-state index contributed by atoms with van der Waals surface area (Å²) >= 11 is 0. The number of aldehydes is 1. The predicted octanol–water partition coefficient (Wildman–Crippen LogP) is 1.94. The number of nitrogens with one attached hydrogen (secondary N) is 1. The number of nitrogens with two attached hydrogens (primary N) is 1. The maximum absolute atomic E-state index is 10.8. The van der Waals surface area contributed by atoms with Crippen LogP contribution in [0.5, 0.6) is 0 Å². The zero-order valence-corrected chi connectivity index (χ0v) is 9.58. The summed E-state index contributed by atoms with van der Waals surface area (Å²) in [5.41, 5.74) is 8.45. The molecule has 84 valence electrons. The second kappa shape index (κ2) is 3.76. The summed E-state index contributed by atoms with van der Waals surface area (Å²) in [5, 5.41) is 1.14. The molecule has 1 aromatic carbocycles. The maximum atomic E-state index is 10.8. The van der Waals surface area contributed by atoms with Gasteiger partial charge in [-0.3, -0.25) is 0 Å². The van der Waals surface area contributed by atoms with Crippen LogP contribution >= 0.6 is 0 Å². The van der Waals surface area contributed by atoms with E-state index in [0.29, 0.717) is 6.42 Å². The highest BCUT2D eigenvalue weighted by Gasteiger charge is 2.19. The predicted molar refractivity (Wildman–Crippen MR) is 65.4 cm³/mol. The number of fused-ring (bicyclic) bond motifs is 1. The molecule has 3 heteroatoms. The van der Waals surface area contributed by atoms with Crippen LogP contribution in [0.2, 0.25) is 0 Å². The minimum atomic E-state index is -0.792. The molecule has 0 saturated carbocycles. The van der Waals surface area contributed by atoms with Crippen molar-refractivity contribution in [1.82, 2.24) is 4.98 Å². The number of hydrogen-bond donors (Lipinski definition) is 2. The average Bonchev–Trinajstić information content (AvgIpc) is 2.60. The first-order chi connectivity index (χ1) is 7.52. The SMILES string of the molecule is Cc1ccc2c(C[C@](C)(N)C=O)c[nH]c2c1. The van der Waals surface area contributed by atoms with Crippen LogP contribution in [0.25, 0.3) is 10.9 Å². The fourth-order valence-corrected chi connectivity index (χ4v) is 1.90. The van der Waals surface area contributed by atoms with Gasteiger partial charge in [-0.1, -0.05) is 12.1 Å². The standard InChI is InChI=1S/C13H16N2O/c1-9-3-4-11-10(6-13(2,14)8-16)7-15-12(11)5-9/h3-5,7-8,15H,6,14H2,1-2H3/t13-/m0/s1. The molecule has 0 aliphatic carbocycles. The Hall–Kier alpha value is -1.61. The van der Waals surface area contributed by atoms with Crippen molar-refractivity contribution in [2.75, 3.05) is 0 Å². The Bertz CT molecular complexity index is 526. The summed E-state index contributed by atoms with van der Waals surface area (Å²) in [6.07, 6.45) is 3.29. The van der Waals surface area contributed by atoms with Gasteiger partial charge in [0.1, 0.15) is 6.29 Å². The minimum absolute atomic E-state index is 0.555. The van der Waals surface area contributed by atoms with Crippen molar-refractivity contribution >= 4 is 17.2 Å². The Labute approximate surface area is 94.6 Å². The number of aromatic amines is 1. The number of rotatable bonds is 3. The first-order valence-electron chi connectivity index (χ1n) is 5.34. The Kier molecular flexibility index (Phi) is 2.56. The van der Waals surface area contributed by atoms with Crippen LogP contribution in [-0.4, -0.2) is 16.8 Å². The number of benzene rings is 1. The van der Waals surface area contributed by atoms with E-state index in [4.69, 9.17) is 5.73 Å². The van der Waals surface area contributed by atoms with Crippen LogP contribution < -0.4 is 5.73 Å². The molecular weight excluding hydrogens is 200 g/mol. The topological polar surface area (TPSA) is 58.9 Å². The molecule has 0 fully saturated rings. The Morgan fingerprint density at radius 3 is 2.94 bits per heavy atom. The number of H-pyrrole nitrogens is 1. The van der Waals surface area contributed by atoms with Crippen molar-refractivity contribution < 1.29 is 4.79 Å². The summed E-state index contributed by atoms with van der Waals surface area (Å²) in [6, 6.07) is 6.22. The van der Waals surface area contributed by atoms with Crippen LogP contribution in [-0.2, 0) is 11.2 Å². The van der Waals surface area contributed by atoms with Crippen LogP contribution in [0.15, 0.2) is 24.4 Å². The average molecular weight is 216 g/mol. The number of aryl methyl sites for hydroxylation is 1. The van der Waals surface area contributed by atoms with E-state index in [-0.39, 0.29) is 0 Å². The van der Waals surface area contributed by atoms with Gasteiger partial charge in [-0.2, -0.15) is 0 Å². The highest BCUT2D eigenvalue weighted by atomic mass is 16.1. The molecule has 0 unspecified atom stereocenters. The quantitative estimate of drug-likeness (QED) is 0.770. The van der Waals surface area contributed by atoms with Crippen LogP contribution in [0.4, 0.5) is 0 Å². The zero-order valence-electron chi connectivity index (χ0n) is 9.58. The van der Waals surface area contributed by atoms with Crippen molar-refractivity contribution in [1.29, 1.82) is 0 Å². The Balaban J connectivity index is 2.43. The van der Waals surface area contributed by atoms with Gasteiger partial charge in [0.05, 0.1) is 5.54 Å². The van der Waals surface area contributed by atoms with Gasteiger partial charge in [0, 0.05) is 17.1 Å². The highest BCUT2D eigenvalue weighted by Crippen LogP contribution is 2.22. The molecule has 0 bridgehead atoms. The Morgan fingerprint density at radius 1 is 1.50 bits per heavy atom. The highest BCUT2D eigenvalue weighted by molar-refractivity contribution is 5.84. The lowest BCUT2D eigenvalue weighted by molar-refractivity contribution is -0.111. The van der Waals surface area contributed by atoms with Crippen LogP contribution in [0.3, 0.4) is 0 Å². The molecule has 0 aliphatic heterocycles. The van der Waals surface area contributed by atoms with Crippen molar-refractivity contribution in [2.45, 2.75) is 25.8 Å². The molecule has 2 rings (SSSR count). The van der Waals surface area contributed by atoms with Crippen molar-refractivity contribution in [3.63, 3.8) is 0 Å². The molecular formula is C13H16N2O. The second-order valence-corrected chi connectivity index (χ2v) is 4.66. The molecule has 0 radical (unpaired) electrons. The molecule has 0 aliphatic rings. The number of hydrogen-bond acceptors (Lipinski definition) is 2. The zero-order chi connectivity index (χ0) is 11.8. The first-order valence-corrected chi connectivity index (χ1v) is 5.34. The third-order valence-electron chi connectivity index (χ3n) is 2.76. The van der Waals surface area contributed by atoms with E-state index in [9.17, 15) is 4.79 Å². The number of aromatic nitrogens is 1. The summed E-state index contributed by atoms with van der Waals surface area (Å²) < 4.78 is 0. The van der Waals surface area contributed by atoms with E-state index < -0.39 is 5.54 Å². The third-order valence-corrected chi connectivity index (χ3v) is 2.76. The molecule has 0 saturated heterocycles. The van der Waals surface area contributed by atoms with E-state index in [2.05, 4.69) is 30.1 Å². The van der Waals surface area contributed by atoms with Crippen molar-refractivity contribution in [3.8, 4) is 0 Å². The fourth-order valence-electron chi connectivity index (χ4n) is 1.90. The van der Waals surface area contributed by atoms with E-state index >= 15 is 0 Å². The van der Waals surface area contributed by atoms with E-state index in [0.717, 1.165) is 22.8 Å². The lowest BCUT2D eigenvalue weighted by Crippen LogP contribution is -2.40. The molecule has 16 heavy (non-hydrogen) atoms. The maximum Gasteiger partial charge on any atom is 0.139 e. The Morgan fingerprint density at radius 2 is 2.25 bits per heavy atom. The van der Waals surface area contributed by atoms with E-state index in [1.54, 1.807) is 6.92 Å². The molecule has 3 N–H and O–H groups in total. The lowest BCUT2D eigenvalue weighted by atomic mass is 9.95. The lowest BCUT2D eigenvalue weighted by Gasteiger charge is -2.15. The van der Waals surface area contributed by atoms with Gasteiger partial charge in [-0.25, -0.2) is 0 Å². The largest absolute Gasteiger partial charge is 0.361 e. The molecule has 2 aromatic rings. The normalized spacial score (nSPS) is 14.9. The van der Waals surface area contributed by atoms with Gasteiger partial charge in [0.2, 0.25) is 0 Å². The number of carbonyl (C=O) groups excluding carboxylic acids is 1. The minimum Gasteiger partial charge on any atom is -0.361 e. The van der Waals surface area contributed by atoms with Gasteiger partial charge in [-0.15, -0.1) is 0 Å². The van der Waals surface area contributed by atoms with E-state index in [1.165, 1.54) is 5.56 Å². The van der Waals surface area contributed by atoms with Gasteiger partial charge < -0.3 is 15.5 Å². The summed E-state index contributed by atoms with van der Waals surface area (Å²) in [7, 11) is 0. The third kappa shape index (κ3) is 1.99. The van der Waals surface area contributed by atoms with Gasteiger partial charge in [-0.05, 0) is 37.5 Å². The molecule has 3 nitrogen and oxygen atoms in total. The molecule has 1 heterocycles. The molecule has 1 aromatic heterocycles. The van der Waals surface area contributed by atoms with Crippen LogP contribution in [0, 0.1) is 6.92 Å². The molecule has 1 atom stereocenters. The van der Waals surface area contributed by atoms with Gasteiger partial charge in [0.25, 0.3) is 0 Å². The van der Waals surface area contributed by atoms with E-state index in [1.807, 2.05) is 6.20 Å². The molecule has 0 amide bonds. The second-order valence-electron chi connectivity index (χ2n) is 4.66. The summed E-state index contributed by atoms with van der Waals surface area (Å²) in [6.45, 7) is 3.80. The van der Waals surface area contributed by atoms with Gasteiger partial charge in [0.15, 0.2) is 0 Å². The summed E-state index contributed by atoms with van der Waals surface area (Å²) in [4.78, 5) is 14.0. The fraction of sp³-hybridized carbons (Fsp3) is 0.308. The summed E-state index contributed by atoms with van der Waals surface area (Å²) in [5.74, 6) is 0. The van der Waals surface area contributed by atoms with Crippen LogP contribution in [0.1, 0.15) is 18.1 Å². The first kappa shape index (κ1) is 10.9. The van der Waals surface area contributed by atoms with Crippen molar-refractivity contribution in [2.24, 2.45) is 5.73 Å². The molecule has 0 spiro atoms. The number of carbonyl (C=O) groups is 1. The van der Waals surface area contributed by atoms with Crippen molar-refractivity contribution in [3.05, 3.63) is 35.5 Å². The monoisotopic (exact) mass is 216 g/mol.